The van der Waals surface area contributed by atoms with Gasteiger partial charge in [-0.25, -0.2) is 9.48 Å². The fraction of sp³-hybridized carbons (Fsp3) is 0.450. The van der Waals surface area contributed by atoms with E-state index in [0.717, 1.165) is 29.8 Å². The molecule has 0 radical (unpaired) electrons. The summed E-state index contributed by atoms with van der Waals surface area (Å²) in [5, 5.41) is 4.54. The van der Waals surface area contributed by atoms with Gasteiger partial charge in [0.1, 0.15) is 0 Å². The number of benzene rings is 1. The van der Waals surface area contributed by atoms with E-state index in [1.54, 1.807) is 6.92 Å². The maximum Gasteiger partial charge on any atom is 0.359 e. The van der Waals surface area contributed by atoms with Crippen molar-refractivity contribution < 1.29 is 14.3 Å². The topological polar surface area (TPSA) is 64.4 Å². The van der Waals surface area contributed by atoms with E-state index in [1.807, 2.05) is 39.9 Å². The van der Waals surface area contributed by atoms with Gasteiger partial charge in [-0.1, -0.05) is 31.5 Å². The van der Waals surface area contributed by atoms with E-state index in [-0.39, 0.29) is 5.91 Å². The summed E-state index contributed by atoms with van der Waals surface area (Å²) in [5.41, 5.74) is 3.02. The molecule has 26 heavy (non-hydrogen) atoms. The number of unbranched alkanes of at least 4 members (excludes halogenated alkanes) is 1. The Morgan fingerprint density at radius 2 is 1.96 bits per heavy atom. The second-order valence-corrected chi connectivity index (χ2v) is 6.41. The molecule has 0 unspecified atom stereocenters. The molecule has 6 nitrogen and oxygen atoms in total. The molecular formula is C20H25N3O3. The van der Waals surface area contributed by atoms with Gasteiger partial charge in [0.15, 0.2) is 5.69 Å². The largest absolute Gasteiger partial charge is 0.461 e. The van der Waals surface area contributed by atoms with Crippen molar-refractivity contribution in [3.63, 3.8) is 0 Å². The van der Waals surface area contributed by atoms with Crippen LogP contribution >= 0.6 is 0 Å². The molecule has 3 rings (SSSR count). The van der Waals surface area contributed by atoms with Crippen molar-refractivity contribution in [2.24, 2.45) is 0 Å². The molecule has 0 spiro atoms. The number of ether oxygens (including phenoxy) is 1. The predicted octanol–water partition coefficient (Wildman–Crippen LogP) is 3.12. The Kier molecular flexibility index (Phi) is 5.71. The van der Waals surface area contributed by atoms with Gasteiger partial charge >= 0.3 is 5.97 Å². The van der Waals surface area contributed by atoms with Crippen molar-refractivity contribution in [2.45, 2.75) is 46.1 Å². The van der Waals surface area contributed by atoms with Gasteiger partial charge in [-0.2, -0.15) is 5.10 Å². The van der Waals surface area contributed by atoms with Crippen LogP contribution in [-0.4, -0.2) is 39.7 Å². The molecular weight excluding hydrogens is 330 g/mol. The van der Waals surface area contributed by atoms with Crippen LogP contribution in [-0.2, 0) is 22.5 Å². The number of para-hydroxylation sites is 1. The number of fused-ring (bicyclic) bond motifs is 1. The summed E-state index contributed by atoms with van der Waals surface area (Å²) in [6, 6.07) is 9.75. The summed E-state index contributed by atoms with van der Waals surface area (Å²) in [4.78, 5) is 26.7. The second kappa shape index (κ2) is 8.17. The maximum atomic E-state index is 12.4. The highest BCUT2D eigenvalue weighted by molar-refractivity contribution is 5.89. The Morgan fingerprint density at radius 3 is 2.65 bits per heavy atom. The molecule has 0 saturated heterocycles. The van der Waals surface area contributed by atoms with Crippen LogP contribution in [0.2, 0.25) is 0 Å². The molecule has 1 aromatic heterocycles. The van der Waals surface area contributed by atoms with Crippen LogP contribution in [0.15, 0.2) is 30.3 Å². The normalized spacial score (nSPS) is 13.4. The Balaban J connectivity index is 1.96. The average Bonchev–Trinajstić information content (AvgIpc) is 3.06. The fourth-order valence-corrected chi connectivity index (χ4v) is 3.26. The Hall–Kier alpha value is -2.63. The first-order valence-corrected chi connectivity index (χ1v) is 9.26. The summed E-state index contributed by atoms with van der Waals surface area (Å²) < 4.78 is 7.00. The lowest BCUT2D eigenvalue weighted by Gasteiger charge is -2.28. The number of carbonyl (C=O) groups is 2. The van der Waals surface area contributed by atoms with Crippen molar-refractivity contribution in [3.05, 3.63) is 47.3 Å². The van der Waals surface area contributed by atoms with Gasteiger partial charge in [-0.15, -0.1) is 0 Å². The third kappa shape index (κ3) is 3.64. The molecule has 0 bridgehead atoms. The highest BCUT2D eigenvalue weighted by Gasteiger charge is 2.30. The molecule has 0 aliphatic carbocycles. The van der Waals surface area contributed by atoms with E-state index >= 15 is 0 Å². The van der Waals surface area contributed by atoms with Gasteiger partial charge in [-0.3, -0.25) is 4.79 Å². The van der Waals surface area contributed by atoms with Crippen LogP contribution in [0, 0.1) is 0 Å². The zero-order chi connectivity index (χ0) is 18.5. The molecule has 0 N–H and O–H groups in total. The third-order valence-corrected chi connectivity index (χ3v) is 4.62. The predicted molar refractivity (Wildman–Crippen MR) is 98.2 cm³/mol. The fourth-order valence-electron chi connectivity index (χ4n) is 3.26. The molecule has 1 amide bonds. The minimum Gasteiger partial charge on any atom is -0.461 e. The number of hydrogen-bond acceptors (Lipinski definition) is 4. The molecule has 1 aliphatic rings. The van der Waals surface area contributed by atoms with Gasteiger partial charge in [0.2, 0.25) is 5.91 Å². The molecule has 0 atom stereocenters. The summed E-state index contributed by atoms with van der Waals surface area (Å²) >= 11 is 0. The van der Waals surface area contributed by atoms with Gasteiger partial charge < -0.3 is 9.64 Å². The molecule has 1 aliphatic heterocycles. The van der Waals surface area contributed by atoms with E-state index < -0.39 is 5.97 Å². The Labute approximate surface area is 153 Å². The number of aromatic nitrogens is 2. The van der Waals surface area contributed by atoms with Crippen molar-refractivity contribution in [1.29, 1.82) is 0 Å². The lowest BCUT2D eigenvalue weighted by Crippen LogP contribution is -2.36. The number of esters is 1. The molecule has 0 saturated carbocycles. The first kappa shape index (κ1) is 18.2. The van der Waals surface area contributed by atoms with Gasteiger partial charge in [0.05, 0.1) is 18.0 Å². The number of rotatable bonds is 6. The van der Waals surface area contributed by atoms with Crippen molar-refractivity contribution in [1.82, 2.24) is 14.7 Å². The van der Waals surface area contributed by atoms with Crippen LogP contribution in [0.25, 0.3) is 5.69 Å². The minimum absolute atomic E-state index is 0.139. The lowest BCUT2D eigenvalue weighted by atomic mass is 10.0. The molecule has 0 fully saturated rings. The molecule has 138 valence electrons. The summed E-state index contributed by atoms with van der Waals surface area (Å²) in [5.74, 6) is -0.291. The SMILES string of the molecule is CCCCC(=O)N1CCc2c(c(C(=O)OCC)nn2-c2ccccc2)C1. The number of carbonyl (C=O) groups excluding carboxylic acids is 2. The van der Waals surface area contributed by atoms with Crippen LogP contribution in [0.3, 0.4) is 0 Å². The summed E-state index contributed by atoms with van der Waals surface area (Å²) in [6.07, 6.45) is 3.10. The zero-order valence-corrected chi connectivity index (χ0v) is 15.4. The van der Waals surface area contributed by atoms with Crippen LogP contribution in [0.5, 0.6) is 0 Å². The van der Waals surface area contributed by atoms with Crippen molar-refractivity contribution >= 4 is 11.9 Å². The molecule has 1 aromatic carbocycles. The van der Waals surface area contributed by atoms with E-state index in [9.17, 15) is 9.59 Å². The summed E-state index contributed by atoms with van der Waals surface area (Å²) in [6.45, 7) is 5.21. The molecule has 6 heteroatoms. The second-order valence-electron chi connectivity index (χ2n) is 6.41. The summed E-state index contributed by atoms with van der Waals surface area (Å²) in [7, 11) is 0. The van der Waals surface area contributed by atoms with Gasteiger partial charge in [0, 0.05) is 31.5 Å². The van der Waals surface area contributed by atoms with E-state index in [0.29, 0.717) is 38.2 Å². The Morgan fingerprint density at radius 1 is 1.19 bits per heavy atom. The van der Waals surface area contributed by atoms with Crippen molar-refractivity contribution in [2.75, 3.05) is 13.2 Å². The quantitative estimate of drug-likeness (QED) is 0.747. The molecule has 2 aromatic rings. The monoisotopic (exact) mass is 355 g/mol. The maximum absolute atomic E-state index is 12.4. The average molecular weight is 355 g/mol. The number of nitrogens with zero attached hydrogens (tertiary/aromatic N) is 3. The zero-order valence-electron chi connectivity index (χ0n) is 15.4. The minimum atomic E-state index is -0.429. The van der Waals surface area contributed by atoms with Crippen LogP contribution in [0.4, 0.5) is 0 Å². The van der Waals surface area contributed by atoms with E-state index in [2.05, 4.69) is 12.0 Å². The van der Waals surface area contributed by atoms with Crippen LogP contribution < -0.4 is 0 Å². The highest BCUT2D eigenvalue weighted by atomic mass is 16.5. The standard InChI is InChI=1S/C20H25N3O3/c1-3-5-11-18(24)22-13-12-17-16(14-22)19(20(25)26-4-2)21-23(17)15-9-7-6-8-10-15/h6-10H,3-5,11-14H2,1-2H3. The van der Waals surface area contributed by atoms with Crippen molar-refractivity contribution in [3.8, 4) is 5.69 Å². The number of amides is 1. The first-order chi connectivity index (χ1) is 12.7. The third-order valence-electron chi connectivity index (χ3n) is 4.62. The van der Waals surface area contributed by atoms with Crippen LogP contribution in [0.1, 0.15) is 54.9 Å². The van der Waals surface area contributed by atoms with E-state index in [1.165, 1.54) is 0 Å². The highest BCUT2D eigenvalue weighted by Crippen LogP contribution is 2.26. The van der Waals surface area contributed by atoms with Gasteiger partial charge in [-0.05, 0) is 25.5 Å². The first-order valence-electron chi connectivity index (χ1n) is 9.26. The number of hydrogen-bond donors (Lipinski definition) is 0. The smallest absolute Gasteiger partial charge is 0.359 e. The van der Waals surface area contributed by atoms with E-state index in [4.69, 9.17) is 4.74 Å². The Bertz CT molecular complexity index is 783. The lowest BCUT2D eigenvalue weighted by molar-refractivity contribution is -0.132. The van der Waals surface area contributed by atoms with Gasteiger partial charge in [0.25, 0.3) is 0 Å². The molecule has 2 heterocycles.